The molecule has 0 atom stereocenters. The fourth-order valence-electron chi connectivity index (χ4n) is 3.05. The maximum Gasteiger partial charge on any atom is 0.251 e. The highest BCUT2D eigenvalue weighted by molar-refractivity contribution is 7.89. The molecule has 7 nitrogen and oxygen atoms in total. The number of rotatable bonds is 5. The van der Waals surface area contributed by atoms with Gasteiger partial charge in [0.1, 0.15) is 6.54 Å². The Morgan fingerprint density at radius 1 is 1.11 bits per heavy atom. The lowest BCUT2D eigenvalue weighted by Gasteiger charge is -2.27. The molecule has 1 amide bonds. The normalized spacial score (nSPS) is 14.8. The summed E-state index contributed by atoms with van der Waals surface area (Å²) in [7, 11) is -0.842. The molecular weight excluding hydrogens is 378 g/mol. The summed E-state index contributed by atoms with van der Waals surface area (Å²) in [5.41, 5.74) is 1.93. The van der Waals surface area contributed by atoms with Crippen molar-refractivity contribution in [2.45, 2.75) is 17.9 Å². The van der Waals surface area contributed by atoms with Crippen LogP contribution >= 0.6 is 0 Å². The summed E-state index contributed by atoms with van der Waals surface area (Å²) in [5, 5.41) is 0. The quantitative estimate of drug-likeness (QED) is 0.759. The highest BCUT2D eigenvalue weighted by Gasteiger charge is 2.21. The van der Waals surface area contributed by atoms with E-state index < -0.39 is 15.6 Å². The number of carbonyl (C=O) groups excluding carboxylic acids is 1. The van der Waals surface area contributed by atoms with Crippen molar-refractivity contribution in [3.8, 4) is 0 Å². The van der Waals surface area contributed by atoms with E-state index in [1.165, 1.54) is 38.0 Å². The van der Waals surface area contributed by atoms with E-state index in [2.05, 4.69) is 0 Å². The molecule has 1 aliphatic rings. The van der Waals surface area contributed by atoms with Crippen molar-refractivity contribution < 1.29 is 13.2 Å². The minimum Gasteiger partial charge on any atom is -0.337 e. The number of benzene rings is 1. The van der Waals surface area contributed by atoms with E-state index >= 15 is 0 Å². The average Bonchev–Trinajstić information content (AvgIpc) is 2.70. The van der Waals surface area contributed by atoms with Gasteiger partial charge in [0.15, 0.2) is 0 Å². The van der Waals surface area contributed by atoms with Crippen molar-refractivity contribution in [3.05, 3.63) is 70.7 Å². The second-order valence-corrected chi connectivity index (χ2v) is 8.96. The summed E-state index contributed by atoms with van der Waals surface area (Å²) in [5.74, 6) is -0.218. The first kappa shape index (κ1) is 20.0. The average molecular weight is 401 g/mol. The van der Waals surface area contributed by atoms with Gasteiger partial charge in [0.05, 0.1) is 4.90 Å². The fraction of sp³-hybridized carbons (Fsp3) is 0.300. The van der Waals surface area contributed by atoms with Gasteiger partial charge in [-0.05, 0) is 23.6 Å². The lowest BCUT2D eigenvalue weighted by molar-refractivity contribution is -0.131. The molecule has 2 heterocycles. The summed E-state index contributed by atoms with van der Waals surface area (Å²) in [6.07, 6.45) is 3.98. The Hall–Kier alpha value is -2.71. The Kier molecular flexibility index (Phi) is 5.81. The van der Waals surface area contributed by atoms with Crippen molar-refractivity contribution in [2.24, 2.45) is 0 Å². The van der Waals surface area contributed by atoms with Crippen LogP contribution in [0.25, 0.3) is 5.57 Å². The monoisotopic (exact) mass is 401 g/mol. The van der Waals surface area contributed by atoms with Crippen LogP contribution in [0.3, 0.4) is 0 Å². The van der Waals surface area contributed by atoms with E-state index in [1.54, 1.807) is 4.90 Å². The van der Waals surface area contributed by atoms with Crippen LogP contribution in [0.2, 0.25) is 0 Å². The largest absolute Gasteiger partial charge is 0.337 e. The molecule has 8 heteroatoms. The summed E-state index contributed by atoms with van der Waals surface area (Å²) < 4.78 is 26.7. The third kappa shape index (κ3) is 4.23. The van der Waals surface area contributed by atoms with Crippen LogP contribution < -0.4 is 5.56 Å². The molecule has 0 saturated carbocycles. The van der Waals surface area contributed by atoms with E-state index in [0.717, 1.165) is 20.9 Å². The van der Waals surface area contributed by atoms with Gasteiger partial charge in [-0.1, -0.05) is 36.4 Å². The predicted octanol–water partition coefficient (Wildman–Crippen LogP) is 1.41. The van der Waals surface area contributed by atoms with Crippen LogP contribution in [0, 0.1) is 0 Å². The minimum atomic E-state index is -3.68. The lowest BCUT2D eigenvalue weighted by atomic mass is 9.99. The van der Waals surface area contributed by atoms with Crippen LogP contribution in [0.1, 0.15) is 12.0 Å². The molecule has 0 aliphatic carbocycles. The number of hydrogen-bond acceptors (Lipinski definition) is 4. The Balaban J connectivity index is 1.74. The number of sulfonamides is 1. The molecule has 2 aromatic rings. The van der Waals surface area contributed by atoms with Gasteiger partial charge in [-0.15, -0.1) is 0 Å². The Morgan fingerprint density at radius 2 is 1.82 bits per heavy atom. The Bertz CT molecular complexity index is 1060. The smallest absolute Gasteiger partial charge is 0.251 e. The van der Waals surface area contributed by atoms with E-state index in [9.17, 15) is 18.0 Å². The molecule has 1 aromatic heterocycles. The van der Waals surface area contributed by atoms with Gasteiger partial charge in [-0.2, -0.15) is 0 Å². The van der Waals surface area contributed by atoms with Gasteiger partial charge in [0, 0.05) is 39.4 Å². The van der Waals surface area contributed by atoms with Gasteiger partial charge in [0.25, 0.3) is 5.56 Å². The van der Waals surface area contributed by atoms with Crippen molar-refractivity contribution in [1.82, 2.24) is 13.8 Å². The molecule has 0 spiro atoms. The van der Waals surface area contributed by atoms with Gasteiger partial charge >= 0.3 is 0 Å². The fourth-order valence-corrected chi connectivity index (χ4v) is 3.97. The molecule has 0 bridgehead atoms. The predicted molar refractivity (Wildman–Crippen MR) is 107 cm³/mol. The van der Waals surface area contributed by atoms with E-state index in [0.29, 0.717) is 13.1 Å². The summed E-state index contributed by atoms with van der Waals surface area (Å²) in [6.45, 7) is 0.835. The summed E-state index contributed by atoms with van der Waals surface area (Å²) in [6, 6.07) is 12.4. The molecule has 1 aromatic carbocycles. The number of carbonyl (C=O) groups is 1. The van der Waals surface area contributed by atoms with Crippen molar-refractivity contribution in [2.75, 3.05) is 27.2 Å². The van der Waals surface area contributed by atoms with Crippen LogP contribution in [0.5, 0.6) is 0 Å². The number of hydrogen-bond donors (Lipinski definition) is 0. The van der Waals surface area contributed by atoms with Crippen molar-refractivity contribution in [3.63, 3.8) is 0 Å². The second-order valence-electron chi connectivity index (χ2n) is 6.80. The third-order valence-electron chi connectivity index (χ3n) is 4.75. The van der Waals surface area contributed by atoms with Crippen LogP contribution in [-0.2, 0) is 21.4 Å². The van der Waals surface area contributed by atoms with Crippen LogP contribution in [-0.4, -0.2) is 55.3 Å². The molecule has 148 valence electrons. The second kappa shape index (κ2) is 8.12. The molecule has 0 saturated heterocycles. The van der Waals surface area contributed by atoms with Crippen LogP contribution in [0.4, 0.5) is 0 Å². The van der Waals surface area contributed by atoms with Gasteiger partial charge < -0.3 is 9.47 Å². The summed E-state index contributed by atoms with van der Waals surface area (Å²) in [4.78, 5) is 26.4. The maximum absolute atomic E-state index is 12.6. The molecule has 3 rings (SSSR count). The topological polar surface area (TPSA) is 79.7 Å². The Morgan fingerprint density at radius 3 is 2.43 bits per heavy atom. The SMILES string of the molecule is CN(C)S(=O)(=O)c1ccc(=O)n(CC(=O)N2CC=C(c3ccccc3)CC2)c1. The zero-order chi connectivity index (χ0) is 20.3. The molecule has 0 fully saturated rings. The minimum absolute atomic E-state index is 0.0187. The van der Waals surface area contributed by atoms with Gasteiger partial charge in [-0.25, -0.2) is 12.7 Å². The van der Waals surface area contributed by atoms with Gasteiger partial charge in [0.2, 0.25) is 15.9 Å². The van der Waals surface area contributed by atoms with E-state index in [-0.39, 0.29) is 17.3 Å². The van der Waals surface area contributed by atoms with E-state index in [4.69, 9.17) is 0 Å². The number of pyridine rings is 1. The molecule has 0 radical (unpaired) electrons. The molecule has 28 heavy (non-hydrogen) atoms. The zero-order valence-corrected chi connectivity index (χ0v) is 16.7. The molecule has 1 aliphatic heterocycles. The van der Waals surface area contributed by atoms with E-state index in [1.807, 2.05) is 36.4 Å². The molecule has 0 N–H and O–H groups in total. The lowest BCUT2D eigenvalue weighted by Crippen LogP contribution is -2.39. The molecular formula is C20H23N3O4S. The van der Waals surface area contributed by atoms with Crippen molar-refractivity contribution >= 4 is 21.5 Å². The third-order valence-corrected chi connectivity index (χ3v) is 6.55. The standard InChI is InChI=1S/C20H23N3O4S/c1-21(2)28(26,27)18-8-9-19(24)23(14-18)15-20(25)22-12-10-17(11-13-22)16-6-4-3-5-7-16/h3-10,14H,11-13,15H2,1-2H3. The number of amides is 1. The first-order chi connectivity index (χ1) is 13.3. The zero-order valence-electron chi connectivity index (χ0n) is 15.9. The number of nitrogens with zero attached hydrogens (tertiary/aromatic N) is 3. The Labute approximate surface area is 164 Å². The highest BCUT2D eigenvalue weighted by Crippen LogP contribution is 2.22. The number of aromatic nitrogens is 1. The molecule has 0 unspecified atom stereocenters. The van der Waals surface area contributed by atoms with Crippen molar-refractivity contribution in [1.29, 1.82) is 0 Å². The first-order valence-corrected chi connectivity index (χ1v) is 10.4. The van der Waals surface area contributed by atoms with Gasteiger partial charge in [-0.3, -0.25) is 9.59 Å². The summed E-state index contributed by atoms with van der Waals surface area (Å²) >= 11 is 0. The van der Waals surface area contributed by atoms with Crippen LogP contribution in [0.15, 0.2) is 64.4 Å². The highest BCUT2D eigenvalue weighted by atomic mass is 32.2. The first-order valence-electron chi connectivity index (χ1n) is 8.94. The maximum atomic E-state index is 12.6.